The van der Waals surface area contributed by atoms with Crippen molar-refractivity contribution in [1.29, 1.82) is 0 Å². The van der Waals surface area contributed by atoms with E-state index in [1.54, 1.807) is 23.5 Å². The summed E-state index contributed by atoms with van der Waals surface area (Å²) in [6.07, 6.45) is 4.33. The molecule has 2 N–H and O–H groups in total. The standard InChI is InChI=1S/C22H25N5O2S2/c1-2-27-20(18-12-7-13-30-18)25-26-22(27)31-14-19(28)24-17-11-6-5-10-16(17)21(29)23-15-8-3-4-9-15/h5-7,10-13,15H,2-4,8-9,14H2,1H3,(H,23,29)(H,24,28). The average molecular weight is 456 g/mol. The van der Waals surface area contributed by atoms with Gasteiger partial charge in [0.05, 0.1) is 21.9 Å². The molecule has 2 amide bonds. The van der Waals surface area contributed by atoms with Gasteiger partial charge < -0.3 is 15.2 Å². The smallest absolute Gasteiger partial charge is 0.253 e. The lowest BCUT2D eigenvalue weighted by Crippen LogP contribution is -2.33. The molecule has 0 bridgehead atoms. The van der Waals surface area contributed by atoms with Crippen LogP contribution >= 0.6 is 23.1 Å². The van der Waals surface area contributed by atoms with E-state index in [1.807, 2.05) is 41.1 Å². The Morgan fingerprint density at radius 3 is 2.71 bits per heavy atom. The van der Waals surface area contributed by atoms with Gasteiger partial charge in [-0.15, -0.1) is 21.5 Å². The van der Waals surface area contributed by atoms with Gasteiger partial charge in [0.25, 0.3) is 5.91 Å². The van der Waals surface area contributed by atoms with Crippen LogP contribution in [0.2, 0.25) is 0 Å². The van der Waals surface area contributed by atoms with Crippen molar-refractivity contribution in [3.8, 4) is 10.7 Å². The second kappa shape index (κ2) is 10.1. The van der Waals surface area contributed by atoms with Crippen molar-refractivity contribution >= 4 is 40.6 Å². The highest BCUT2D eigenvalue weighted by atomic mass is 32.2. The van der Waals surface area contributed by atoms with E-state index >= 15 is 0 Å². The van der Waals surface area contributed by atoms with E-state index in [2.05, 4.69) is 20.8 Å². The summed E-state index contributed by atoms with van der Waals surface area (Å²) in [5, 5.41) is 17.2. The highest BCUT2D eigenvalue weighted by Crippen LogP contribution is 2.27. The number of carbonyl (C=O) groups is 2. The summed E-state index contributed by atoms with van der Waals surface area (Å²) in [6.45, 7) is 2.75. The van der Waals surface area contributed by atoms with Crippen LogP contribution in [0.15, 0.2) is 46.9 Å². The molecule has 0 aliphatic heterocycles. The van der Waals surface area contributed by atoms with Crippen molar-refractivity contribution in [2.45, 2.75) is 50.4 Å². The molecule has 1 saturated carbocycles. The lowest BCUT2D eigenvalue weighted by Gasteiger charge is -2.15. The first-order chi connectivity index (χ1) is 15.2. The molecule has 1 aromatic carbocycles. The predicted molar refractivity (Wildman–Crippen MR) is 125 cm³/mol. The number of rotatable bonds is 8. The van der Waals surface area contributed by atoms with Gasteiger partial charge >= 0.3 is 0 Å². The minimum absolute atomic E-state index is 0.137. The number of anilines is 1. The van der Waals surface area contributed by atoms with E-state index in [9.17, 15) is 9.59 Å². The molecule has 4 rings (SSSR count). The van der Waals surface area contributed by atoms with Gasteiger partial charge in [-0.2, -0.15) is 0 Å². The van der Waals surface area contributed by atoms with Crippen LogP contribution in [0.1, 0.15) is 43.0 Å². The minimum atomic E-state index is -0.186. The van der Waals surface area contributed by atoms with E-state index in [-0.39, 0.29) is 23.6 Å². The van der Waals surface area contributed by atoms with Crippen LogP contribution < -0.4 is 10.6 Å². The zero-order chi connectivity index (χ0) is 21.6. The molecule has 1 aliphatic rings. The Hall–Kier alpha value is -2.65. The van der Waals surface area contributed by atoms with Gasteiger partial charge in [-0.05, 0) is 43.3 Å². The Balaban J connectivity index is 1.39. The molecule has 0 unspecified atom stereocenters. The Bertz CT molecular complexity index is 1040. The van der Waals surface area contributed by atoms with Crippen LogP contribution in [0.25, 0.3) is 10.7 Å². The Labute approximate surface area is 189 Å². The molecule has 31 heavy (non-hydrogen) atoms. The number of nitrogens with zero attached hydrogens (tertiary/aromatic N) is 3. The van der Waals surface area contributed by atoms with Gasteiger partial charge in [0.15, 0.2) is 11.0 Å². The van der Waals surface area contributed by atoms with Crippen LogP contribution in [0.3, 0.4) is 0 Å². The van der Waals surface area contributed by atoms with Crippen molar-refractivity contribution in [2.24, 2.45) is 0 Å². The van der Waals surface area contributed by atoms with Gasteiger partial charge in [0, 0.05) is 12.6 Å². The monoisotopic (exact) mass is 455 g/mol. The molecule has 1 aliphatic carbocycles. The Kier molecular flexibility index (Phi) is 7.03. The largest absolute Gasteiger partial charge is 0.349 e. The van der Waals surface area contributed by atoms with Crippen LogP contribution in [0.5, 0.6) is 0 Å². The average Bonchev–Trinajstić information content (AvgIpc) is 3.53. The van der Waals surface area contributed by atoms with Gasteiger partial charge in [-0.25, -0.2) is 0 Å². The predicted octanol–water partition coefficient (Wildman–Crippen LogP) is 4.43. The Morgan fingerprint density at radius 1 is 1.16 bits per heavy atom. The van der Waals surface area contributed by atoms with Crippen molar-refractivity contribution < 1.29 is 9.59 Å². The third kappa shape index (κ3) is 5.16. The molecule has 0 radical (unpaired) electrons. The van der Waals surface area contributed by atoms with Gasteiger partial charge in [-0.3, -0.25) is 9.59 Å². The first-order valence-corrected chi connectivity index (χ1v) is 12.3. The topological polar surface area (TPSA) is 88.9 Å². The normalized spacial score (nSPS) is 14.0. The molecule has 0 saturated heterocycles. The second-order valence-corrected chi connectivity index (χ2v) is 9.26. The summed E-state index contributed by atoms with van der Waals surface area (Å²) in [5.41, 5.74) is 1.02. The summed E-state index contributed by atoms with van der Waals surface area (Å²) in [5.74, 6) is 0.673. The van der Waals surface area contributed by atoms with Crippen molar-refractivity contribution in [1.82, 2.24) is 20.1 Å². The number of para-hydroxylation sites is 1. The first-order valence-electron chi connectivity index (χ1n) is 10.5. The van der Waals surface area contributed by atoms with Crippen LogP contribution in [0.4, 0.5) is 5.69 Å². The number of thioether (sulfide) groups is 1. The maximum Gasteiger partial charge on any atom is 0.253 e. The van der Waals surface area contributed by atoms with Crippen LogP contribution in [-0.4, -0.2) is 38.4 Å². The molecular weight excluding hydrogens is 430 g/mol. The number of amides is 2. The van der Waals surface area contributed by atoms with Crippen molar-refractivity contribution in [3.05, 3.63) is 47.3 Å². The molecule has 1 fully saturated rings. The lowest BCUT2D eigenvalue weighted by molar-refractivity contribution is -0.113. The second-order valence-electron chi connectivity index (χ2n) is 7.37. The molecule has 2 heterocycles. The van der Waals surface area contributed by atoms with Gasteiger partial charge in [-0.1, -0.05) is 42.8 Å². The molecule has 0 spiro atoms. The van der Waals surface area contributed by atoms with E-state index in [0.29, 0.717) is 23.0 Å². The zero-order valence-electron chi connectivity index (χ0n) is 17.3. The van der Waals surface area contributed by atoms with E-state index < -0.39 is 0 Å². The zero-order valence-corrected chi connectivity index (χ0v) is 19.0. The maximum absolute atomic E-state index is 12.7. The summed E-state index contributed by atoms with van der Waals surface area (Å²) < 4.78 is 2.01. The minimum Gasteiger partial charge on any atom is -0.349 e. The van der Waals surface area contributed by atoms with Gasteiger partial charge in [0.2, 0.25) is 5.91 Å². The van der Waals surface area contributed by atoms with E-state index in [4.69, 9.17) is 0 Å². The third-order valence-corrected chi connectivity index (χ3v) is 7.08. The Morgan fingerprint density at radius 2 is 1.97 bits per heavy atom. The summed E-state index contributed by atoms with van der Waals surface area (Å²) in [7, 11) is 0. The number of thiophene rings is 1. The maximum atomic E-state index is 12.7. The molecule has 162 valence electrons. The van der Waals surface area contributed by atoms with E-state index in [0.717, 1.165) is 36.4 Å². The van der Waals surface area contributed by atoms with E-state index in [1.165, 1.54) is 11.8 Å². The lowest BCUT2D eigenvalue weighted by atomic mass is 10.1. The fourth-order valence-electron chi connectivity index (χ4n) is 3.71. The van der Waals surface area contributed by atoms with Crippen molar-refractivity contribution in [2.75, 3.05) is 11.1 Å². The number of hydrogen-bond donors (Lipinski definition) is 2. The number of hydrogen-bond acceptors (Lipinski definition) is 6. The molecule has 9 heteroatoms. The number of benzene rings is 1. The molecule has 0 atom stereocenters. The third-order valence-electron chi connectivity index (χ3n) is 5.24. The highest BCUT2D eigenvalue weighted by Gasteiger charge is 2.20. The number of nitrogens with one attached hydrogen (secondary N) is 2. The SMILES string of the molecule is CCn1c(SCC(=O)Nc2ccccc2C(=O)NC2CCCC2)nnc1-c1cccs1. The highest BCUT2D eigenvalue weighted by molar-refractivity contribution is 7.99. The molecule has 7 nitrogen and oxygen atoms in total. The number of aromatic nitrogens is 3. The first kappa shape index (κ1) is 21.6. The van der Waals surface area contributed by atoms with Crippen LogP contribution in [0, 0.1) is 0 Å². The quantitative estimate of drug-likeness (QED) is 0.491. The van der Waals surface area contributed by atoms with Crippen LogP contribution in [-0.2, 0) is 11.3 Å². The van der Waals surface area contributed by atoms with Gasteiger partial charge in [0.1, 0.15) is 0 Å². The fraction of sp³-hybridized carbons (Fsp3) is 0.364. The summed E-state index contributed by atoms with van der Waals surface area (Å²) in [6, 6.07) is 11.3. The molecule has 3 aromatic rings. The number of carbonyl (C=O) groups excluding carboxylic acids is 2. The summed E-state index contributed by atoms with van der Waals surface area (Å²) >= 11 is 2.95. The van der Waals surface area contributed by atoms with Crippen molar-refractivity contribution in [3.63, 3.8) is 0 Å². The molecular formula is C22H25N5O2S2. The summed E-state index contributed by atoms with van der Waals surface area (Å²) in [4.78, 5) is 26.4. The fourth-order valence-corrected chi connectivity index (χ4v) is 5.23. The molecule has 2 aromatic heterocycles.